The third-order valence-corrected chi connectivity index (χ3v) is 9.84. The van der Waals surface area contributed by atoms with E-state index in [-0.39, 0.29) is 12.1 Å². The van der Waals surface area contributed by atoms with Gasteiger partial charge in [0.25, 0.3) is 0 Å². The number of hydrogen-bond donors (Lipinski definition) is 0. The summed E-state index contributed by atoms with van der Waals surface area (Å²) in [5, 5.41) is 0. The Labute approximate surface area is 300 Å². The summed E-state index contributed by atoms with van der Waals surface area (Å²) < 4.78 is 11.9. The van der Waals surface area contributed by atoms with Crippen LogP contribution in [0.4, 0.5) is 0 Å². The van der Waals surface area contributed by atoms with E-state index < -0.39 is 0 Å². The van der Waals surface area contributed by atoms with Crippen LogP contribution in [-0.2, 0) is 9.53 Å². The molecule has 49 heavy (non-hydrogen) atoms. The lowest BCUT2D eigenvalue weighted by molar-refractivity contribution is -0.148. The van der Waals surface area contributed by atoms with Crippen molar-refractivity contribution in [2.45, 2.75) is 168 Å². The van der Waals surface area contributed by atoms with E-state index in [1.54, 1.807) is 0 Å². The van der Waals surface area contributed by atoms with Crippen LogP contribution in [0, 0.1) is 0 Å². The Hall–Kier alpha value is -3.07. The van der Waals surface area contributed by atoms with Crippen LogP contribution in [0.2, 0.25) is 0 Å². The molecule has 3 rings (SSSR count). The quantitative estimate of drug-likeness (QED) is 0.0570. The SMILES string of the molecule is CCCCCCCCCCCCCOc1ccc(-c2ccccc2-c2ccc(C(C)OC(=O)CCCCCCCCCCCC)cc2)cc1. The minimum Gasteiger partial charge on any atom is -0.494 e. The summed E-state index contributed by atoms with van der Waals surface area (Å²) in [4.78, 5) is 12.5. The van der Waals surface area contributed by atoms with Gasteiger partial charge < -0.3 is 9.47 Å². The molecule has 0 aliphatic rings. The molecule has 1 unspecified atom stereocenters. The molecule has 1 atom stereocenters. The Morgan fingerprint density at radius 2 is 0.918 bits per heavy atom. The van der Waals surface area contributed by atoms with E-state index in [1.807, 2.05) is 6.92 Å². The largest absolute Gasteiger partial charge is 0.494 e. The number of ether oxygens (including phenoxy) is 2. The lowest BCUT2D eigenvalue weighted by atomic mass is 9.93. The highest BCUT2D eigenvalue weighted by atomic mass is 16.5. The third kappa shape index (κ3) is 16.9. The third-order valence-electron chi connectivity index (χ3n) is 9.84. The monoisotopic (exact) mass is 669 g/mol. The zero-order valence-electron chi connectivity index (χ0n) is 31.5. The molecule has 3 nitrogen and oxygen atoms in total. The van der Waals surface area contributed by atoms with Crippen molar-refractivity contribution >= 4 is 5.97 Å². The van der Waals surface area contributed by atoms with Gasteiger partial charge in [0.1, 0.15) is 11.9 Å². The molecular formula is C46H68O3. The fraction of sp³-hybridized carbons (Fsp3) is 0.587. The molecule has 0 aromatic heterocycles. The Kier molecular flexibility index (Phi) is 21.3. The molecule has 0 spiro atoms. The van der Waals surface area contributed by atoms with E-state index in [2.05, 4.69) is 86.6 Å². The summed E-state index contributed by atoms with van der Waals surface area (Å²) in [5.74, 6) is 0.849. The average Bonchev–Trinajstić information content (AvgIpc) is 3.13. The van der Waals surface area contributed by atoms with Crippen molar-refractivity contribution in [3.8, 4) is 28.0 Å². The number of carbonyl (C=O) groups excluding carboxylic acids is 1. The van der Waals surface area contributed by atoms with Gasteiger partial charge in [-0.25, -0.2) is 0 Å². The molecule has 0 N–H and O–H groups in total. The number of carbonyl (C=O) groups is 1. The zero-order valence-corrected chi connectivity index (χ0v) is 31.5. The van der Waals surface area contributed by atoms with Crippen molar-refractivity contribution in [3.05, 3.63) is 78.4 Å². The van der Waals surface area contributed by atoms with Gasteiger partial charge in [-0.2, -0.15) is 0 Å². The Balaban J connectivity index is 1.37. The van der Waals surface area contributed by atoms with Gasteiger partial charge in [0.15, 0.2) is 0 Å². The minimum atomic E-state index is -0.252. The van der Waals surface area contributed by atoms with Gasteiger partial charge in [-0.1, -0.05) is 197 Å². The summed E-state index contributed by atoms with van der Waals surface area (Å²) >= 11 is 0. The number of unbranched alkanes of at least 4 members (excludes halogenated alkanes) is 19. The molecule has 0 radical (unpaired) electrons. The van der Waals surface area contributed by atoms with E-state index in [9.17, 15) is 4.79 Å². The summed E-state index contributed by atoms with van der Waals surface area (Å²) in [5.41, 5.74) is 5.74. The van der Waals surface area contributed by atoms with Gasteiger partial charge in [0.05, 0.1) is 6.61 Å². The van der Waals surface area contributed by atoms with Gasteiger partial charge in [-0.05, 0) is 59.7 Å². The molecule has 0 amide bonds. The molecule has 3 aromatic rings. The van der Waals surface area contributed by atoms with Gasteiger partial charge in [-0.15, -0.1) is 0 Å². The van der Waals surface area contributed by atoms with E-state index in [0.29, 0.717) is 6.42 Å². The second kappa shape index (κ2) is 25.8. The highest BCUT2D eigenvalue weighted by Crippen LogP contribution is 2.34. The molecule has 0 heterocycles. The predicted octanol–water partition coefficient (Wildman–Crippen LogP) is 14.6. The van der Waals surface area contributed by atoms with Crippen LogP contribution in [-0.4, -0.2) is 12.6 Å². The molecule has 0 fully saturated rings. The number of rotatable bonds is 28. The van der Waals surface area contributed by atoms with E-state index in [1.165, 1.54) is 132 Å². The number of hydrogen-bond acceptors (Lipinski definition) is 3. The van der Waals surface area contributed by atoms with Crippen LogP contribution in [0.25, 0.3) is 22.3 Å². The molecule has 0 saturated heterocycles. The fourth-order valence-corrected chi connectivity index (χ4v) is 6.69. The van der Waals surface area contributed by atoms with Gasteiger partial charge in [0.2, 0.25) is 0 Å². The molecule has 0 aliphatic carbocycles. The van der Waals surface area contributed by atoms with Crippen molar-refractivity contribution < 1.29 is 14.3 Å². The molecule has 3 heteroatoms. The maximum atomic E-state index is 12.5. The lowest BCUT2D eigenvalue weighted by Gasteiger charge is -2.15. The number of benzene rings is 3. The number of esters is 1. The first-order chi connectivity index (χ1) is 24.1. The van der Waals surface area contributed by atoms with Crippen LogP contribution < -0.4 is 4.74 Å². The topological polar surface area (TPSA) is 35.5 Å². The maximum Gasteiger partial charge on any atom is 0.306 e. The molecule has 0 bridgehead atoms. The van der Waals surface area contributed by atoms with Crippen molar-refractivity contribution in [1.82, 2.24) is 0 Å². The van der Waals surface area contributed by atoms with Crippen LogP contribution in [0.15, 0.2) is 72.8 Å². The normalized spacial score (nSPS) is 11.8. The maximum absolute atomic E-state index is 12.5. The molecule has 0 aliphatic heterocycles. The highest BCUT2D eigenvalue weighted by molar-refractivity contribution is 5.83. The summed E-state index contributed by atoms with van der Waals surface area (Å²) in [7, 11) is 0. The molecule has 270 valence electrons. The van der Waals surface area contributed by atoms with E-state index in [4.69, 9.17) is 9.47 Å². The first-order valence-electron chi connectivity index (χ1n) is 20.2. The minimum absolute atomic E-state index is 0.0901. The first-order valence-corrected chi connectivity index (χ1v) is 20.2. The van der Waals surface area contributed by atoms with Gasteiger partial charge >= 0.3 is 5.97 Å². The summed E-state index contributed by atoms with van der Waals surface area (Å²) in [6, 6.07) is 25.6. The Morgan fingerprint density at radius 3 is 1.39 bits per heavy atom. The van der Waals surface area contributed by atoms with Gasteiger partial charge in [0, 0.05) is 6.42 Å². The second-order valence-corrected chi connectivity index (χ2v) is 14.1. The molecule has 0 saturated carbocycles. The van der Waals surface area contributed by atoms with Crippen molar-refractivity contribution in [3.63, 3.8) is 0 Å². The molecule has 3 aromatic carbocycles. The lowest BCUT2D eigenvalue weighted by Crippen LogP contribution is -2.08. The zero-order chi connectivity index (χ0) is 34.8. The Morgan fingerprint density at radius 1 is 0.510 bits per heavy atom. The fourth-order valence-electron chi connectivity index (χ4n) is 6.69. The Bertz CT molecular complexity index is 1250. The smallest absolute Gasteiger partial charge is 0.306 e. The second-order valence-electron chi connectivity index (χ2n) is 14.1. The average molecular weight is 669 g/mol. The van der Waals surface area contributed by atoms with E-state index in [0.717, 1.165) is 42.7 Å². The standard InChI is InChI=1S/C46H68O3/c1-4-6-8-10-12-14-16-18-20-22-26-38-48-43-36-34-42(35-37-43)45-28-25-24-27-44(45)41-32-30-40(31-33-41)39(3)49-46(47)29-23-21-19-17-15-13-11-9-7-5-2/h24-25,27-28,30-37,39H,4-23,26,29,38H2,1-3H3. The van der Waals surface area contributed by atoms with Crippen molar-refractivity contribution in [2.24, 2.45) is 0 Å². The highest BCUT2D eigenvalue weighted by Gasteiger charge is 2.13. The van der Waals surface area contributed by atoms with Crippen LogP contribution in [0.5, 0.6) is 5.75 Å². The van der Waals surface area contributed by atoms with Gasteiger partial charge in [-0.3, -0.25) is 4.79 Å². The molecular weight excluding hydrogens is 601 g/mol. The van der Waals surface area contributed by atoms with Crippen LogP contribution in [0.1, 0.15) is 174 Å². The predicted molar refractivity (Wildman–Crippen MR) is 210 cm³/mol. The van der Waals surface area contributed by atoms with Crippen LogP contribution in [0.3, 0.4) is 0 Å². The van der Waals surface area contributed by atoms with Crippen LogP contribution >= 0.6 is 0 Å². The van der Waals surface area contributed by atoms with Crippen molar-refractivity contribution in [1.29, 1.82) is 0 Å². The van der Waals surface area contributed by atoms with E-state index >= 15 is 0 Å². The first kappa shape index (κ1) is 40.4. The summed E-state index contributed by atoms with van der Waals surface area (Å²) in [6.45, 7) is 7.30. The summed E-state index contributed by atoms with van der Waals surface area (Å²) in [6.07, 6.45) is 27.7. The van der Waals surface area contributed by atoms with Crippen molar-refractivity contribution in [2.75, 3.05) is 6.61 Å².